The number of allylic oxidation sites excluding steroid dienone is 9. The summed E-state index contributed by atoms with van der Waals surface area (Å²) in [6, 6.07) is 0. The summed E-state index contributed by atoms with van der Waals surface area (Å²) >= 11 is 3.53. The predicted molar refractivity (Wildman–Crippen MR) is 69.9 cm³/mol. The molecule has 2 aliphatic carbocycles. The molecule has 0 spiro atoms. The summed E-state index contributed by atoms with van der Waals surface area (Å²) in [5.41, 5.74) is 4.59. The van der Waals surface area contributed by atoms with Crippen LogP contribution in [0.3, 0.4) is 0 Å². The summed E-state index contributed by atoms with van der Waals surface area (Å²) in [4.78, 5) is 0. The van der Waals surface area contributed by atoms with Gasteiger partial charge in [-0.15, -0.1) is 0 Å². The summed E-state index contributed by atoms with van der Waals surface area (Å²) < 4.78 is 1.11. The first-order chi connectivity index (χ1) is 7.31. The van der Waals surface area contributed by atoms with Gasteiger partial charge in [0.25, 0.3) is 0 Å². The molecule has 0 fully saturated rings. The molecule has 0 aliphatic heterocycles. The average Bonchev–Trinajstić information content (AvgIpc) is 2.62. The molecule has 1 heteroatoms. The third kappa shape index (κ3) is 2.40. The summed E-state index contributed by atoms with van der Waals surface area (Å²) in [5.74, 6) is 0. The molecule has 0 nitrogen and oxygen atoms in total. The largest absolute Gasteiger partial charge is 0.0990 e. The molecule has 0 amide bonds. The van der Waals surface area contributed by atoms with Gasteiger partial charge in [0.05, 0.1) is 0 Å². The smallest absolute Gasteiger partial charge is 0.0177 e. The van der Waals surface area contributed by atoms with Crippen LogP contribution in [-0.4, -0.2) is 0 Å². The van der Waals surface area contributed by atoms with Gasteiger partial charge in [0, 0.05) is 4.48 Å². The van der Waals surface area contributed by atoms with Gasteiger partial charge in [-0.3, -0.25) is 0 Å². The Morgan fingerprint density at radius 3 is 3.00 bits per heavy atom. The van der Waals surface area contributed by atoms with Crippen molar-refractivity contribution in [2.75, 3.05) is 0 Å². The number of rotatable bonds is 2. The molecule has 0 saturated carbocycles. The van der Waals surface area contributed by atoms with Crippen LogP contribution in [0, 0.1) is 0 Å². The Morgan fingerprint density at radius 2 is 2.20 bits per heavy atom. The molecule has 0 aromatic rings. The van der Waals surface area contributed by atoms with Crippen LogP contribution >= 0.6 is 15.9 Å². The first-order valence-corrected chi connectivity index (χ1v) is 6.18. The highest BCUT2D eigenvalue weighted by Gasteiger charge is 2.18. The van der Waals surface area contributed by atoms with E-state index in [2.05, 4.69) is 40.7 Å². The Hall–Kier alpha value is -0.820. The van der Waals surface area contributed by atoms with Crippen LogP contribution in [0.25, 0.3) is 0 Å². The Labute approximate surface area is 99.9 Å². The maximum absolute atomic E-state index is 3.70. The summed E-state index contributed by atoms with van der Waals surface area (Å²) in [6.45, 7) is 3.70. The first-order valence-electron chi connectivity index (χ1n) is 5.39. The minimum absolute atomic E-state index is 1.11. The number of hydrogen-bond donors (Lipinski definition) is 0. The molecular formula is C14H15Br. The topological polar surface area (TPSA) is 0 Å². The van der Waals surface area contributed by atoms with Crippen LogP contribution in [-0.2, 0) is 0 Å². The van der Waals surface area contributed by atoms with Gasteiger partial charge in [-0.2, -0.15) is 0 Å². The molecule has 0 N–H and O–H groups in total. The van der Waals surface area contributed by atoms with Gasteiger partial charge in [0.15, 0.2) is 0 Å². The van der Waals surface area contributed by atoms with Crippen molar-refractivity contribution in [3.05, 3.63) is 58.2 Å². The van der Waals surface area contributed by atoms with Crippen molar-refractivity contribution in [1.29, 1.82) is 0 Å². The molecule has 0 aromatic heterocycles. The van der Waals surface area contributed by atoms with Gasteiger partial charge < -0.3 is 0 Å². The molecule has 0 heterocycles. The second kappa shape index (κ2) is 4.80. The predicted octanol–water partition coefficient (Wildman–Crippen LogP) is 4.82. The average molecular weight is 263 g/mol. The monoisotopic (exact) mass is 262 g/mol. The van der Waals surface area contributed by atoms with Crippen molar-refractivity contribution in [2.45, 2.75) is 25.7 Å². The third-order valence-corrected chi connectivity index (χ3v) is 3.40. The number of halogens is 1. The van der Waals surface area contributed by atoms with Gasteiger partial charge >= 0.3 is 0 Å². The third-order valence-electron chi connectivity index (χ3n) is 2.91. The van der Waals surface area contributed by atoms with Gasteiger partial charge in [0.2, 0.25) is 0 Å². The standard InChI is InChI=1S/C14H15Br/c1-2-5-13(15)10-12-9-8-11-6-3-4-7-14(11)12/h2,4-5,7,10H,1,3,6,8-9H2/b12-10+,13-5+. The van der Waals surface area contributed by atoms with E-state index >= 15 is 0 Å². The lowest BCUT2D eigenvalue weighted by Crippen LogP contribution is -1.88. The zero-order valence-electron chi connectivity index (χ0n) is 8.80. The SMILES string of the molecule is C=C/C=C(Br)\C=C1/CCC2=C1C=CCC2. The Balaban J connectivity index is 2.26. The van der Waals surface area contributed by atoms with Crippen LogP contribution in [0.2, 0.25) is 0 Å². The van der Waals surface area contributed by atoms with Crippen molar-refractivity contribution < 1.29 is 0 Å². The van der Waals surface area contributed by atoms with E-state index in [1.54, 1.807) is 5.57 Å². The van der Waals surface area contributed by atoms with E-state index in [-0.39, 0.29) is 0 Å². The van der Waals surface area contributed by atoms with Gasteiger partial charge in [0.1, 0.15) is 0 Å². The molecule has 0 aromatic carbocycles. The molecule has 0 unspecified atom stereocenters. The molecule has 0 bridgehead atoms. The molecule has 2 rings (SSSR count). The highest BCUT2D eigenvalue weighted by Crippen LogP contribution is 2.38. The van der Waals surface area contributed by atoms with Crippen molar-refractivity contribution in [3.63, 3.8) is 0 Å². The van der Waals surface area contributed by atoms with E-state index in [4.69, 9.17) is 0 Å². The van der Waals surface area contributed by atoms with E-state index in [0.29, 0.717) is 0 Å². The number of hydrogen-bond acceptors (Lipinski definition) is 0. The zero-order chi connectivity index (χ0) is 10.7. The maximum atomic E-state index is 3.70. The van der Waals surface area contributed by atoms with E-state index < -0.39 is 0 Å². The fraction of sp³-hybridized carbons (Fsp3) is 0.286. The van der Waals surface area contributed by atoms with Crippen LogP contribution < -0.4 is 0 Å². The van der Waals surface area contributed by atoms with Crippen LogP contribution in [0.1, 0.15) is 25.7 Å². The lowest BCUT2D eigenvalue weighted by molar-refractivity contribution is 0.885. The minimum Gasteiger partial charge on any atom is -0.0990 e. The quantitative estimate of drug-likeness (QED) is 0.627. The van der Waals surface area contributed by atoms with Crippen LogP contribution in [0.4, 0.5) is 0 Å². The van der Waals surface area contributed by atoms with Crippen molar-refractivity contribution in [1.82, 2.24) is 0 Å². The van der Waals surface area contributed by atoms with Gasteiger partial charge in [-0.1, -0.05) is 46.3 Å². The molecule has 15 heavy (non-hydrogen) atoms. The zero-order valence-corrected chi connectivity index (χ0v) is 10.4. The molecule has 0 radical (unpaired) electrons. The Kier molecular flexibility index (Phi) is 3.42. The van der Waals surface area contributed by atoms with Gasteiger partial charge in [-0.25, -0.2) is 0 Å². The lowest BCUT2D eigenvalue weighted by atomic mass is 9.98. The van der Waals surface area contributed by atoms with Crippen molar-refractivity contribution in [2.24, 2.45) is 0 Å². The summed E-state index contributed by atoms with van der Waals surface area (Å²) in [6.07, 6.45) is 15.5. The van der Waals surface area contributed by atoms with E-state index in [9.17, 15) is 0 Å². The highest BCUT2D eigenvalue weighted by atomic mass is 79.9. The summed E-state index contributed by atoms with van der Waals surface area (Å²) in [7, 11) is 0. The Bertz CT molecular complexity index is 392. The second-order valence-electron chi connectivity index (χ2n) is 3.92. The molecule has 0 atom stereocenters. The molecular weight excluding hydrogens is 248 g/mol. The van der Waals surface area contributed by atoms with Crippen LogP contribution in [0.5, 0.6) is 0 Å². The van der Waals surface area contributed by atoms with Gasteiger partial charge in [-0.05, 0) is 49.0 Å². The van der Waals surface area contributed by atoms with E-state index in [1.807, 2.05) is 12.2 Å². The minimum atomic E-state index is 1.11. The first kappa shape index (κ1) is 10.7. The Morgan fingerprint density at radius 1 is 1.33 bits per heavy atom. The molecule has 78 valence electrons. The molecule has 0 saturated heterocycles. The fourth-order valence-corrected chi connectivity index (χ4v) is 2.67. The maximum Gasteiger partial charge on any atom is 0.0177 e. The van der Waals surface area contributed by atoms with E-state index in [0.717, 1.165) is 4.48 Å². The summed E-state index contributed by atoms with van der Waals surface area (Å²) in [5, 5.41) is 0. The fourth-order valence-electron chi connectivity index (χ4n) is 2.20. The molecule has 2 aliphatic rings. The van der Waals surface area contributed by atoms with E-state index in [1.165, 1.54) is 36.8 Å². The highest BCUT2D eigenvalue weighted by molar-refractivity contribution is 9.11. The van der Waals surface area contributed by atoms with Crippen molar-refractivity contribution >= 4 is 15.9 Å². The normalized spacial score (nSPS) is 23.5. The van der Waals surface area contributed by atoms with Crippen LogP contribution in [0.15, 0.2) is 58.2 Å². The lowest BCUT2D eigenvalue weighted by Gasteiger charge is -2.08. The second-order valence-corrected chi connectivity index (χ2v) is 4.83. The van der Waals surface area contributed by atoms with Crippen molar-refractivity contribution in [3.8, 4) is 0 Å².